The zero-order chi connectivity index (χ0) is 19.4. The summed E-state index contributed by atoms with van der Waals surface area (Å²) in [6, 6.07) is 11.9. The van der Waals surface area contributed by atoms with Crippen LogP contribution < -0.4 is 10.1 Å². The highest BCUT2D eigenvalue weighted by Crippen LogP contribution is 2.27. The summed E-state index contributed by atoms with van der Waals surface area (Å²) in [5.74, 6) is -1.51. The number of hydrogen-bond donors (Lipinski definition) is 1. The summed E-state index contributed by atoms with van der Waals surface area (Å²) in [5.41, 5.74) is 0.757. The lowest BCUT2D eigenvalue weighted by atomic mass is 10.1. The Morgan fingerprint density at radius 1 is 1.19 bits per heavy atom. The van der Waals surface area contributed by atoms with Crippen molar-refractivity contribution >= 4 is 40.1 Å². The number of benzene rings is 2. The number of rotatable bonds is 5. The summed E-state index contributed by atoms with van der Waals surface area (Å²) < 4.78 is 23.8. The van der Waals surface area contributed by atoms with Crippen LogP contribution in [0.15, 0.2) is 48.5 Å². The number of carbonyl (C=O) groups excluding carboxylic acids is 2. The Hall–Kier alpha value is -3.19. The zero-order valence-corrected chi connectivity index (χ0v) is 14.9. The maximum absolute atomic E-state index is 13.6. The summed E-state index contributed by atoms with van der Waals surface area (Å²) >= 11 is 6.00. The minimum absolute atomic E-state index is 0.0156. The fraction of sp³-hybridized carbons (Fsp3) is 0.105. The minimum Gasteiger partial charge on any atom is -0.483 e. The molecule has 3 aromatic rings. The number of pyridine rings is 1. The van der Waals surface area contributed by atoms with Gasteiger partial charge >= 0.3 is 5.97 Å². The van der Waals surface area contributed by atoms with E-state index in [4.69, 9.17) is 16.3 Å². The molecule has 0 aliphatic heterocycles. The Balaban J connectivity index is 1.84. The Morgan fingerprint density at radius 2 is 1.96 bits per heavy atom. The normalized spacial score (nSPS) is 10.5. The van der Waals surface area contributed by atoms with Gasteiger partial charge in [-0.25, -0.2) is 14.2 Å². The van der Waals surface area contributed by atoms with Crippen molar-refractivity contribution in [2.75, 3.05) is 19.0 Å². The van der Waals surface area contributed by atoms with Crippen molar-refractivity contribution in [2.24, 2.45) is 0 Å². The van der Waals surface area contributed by atoms with Gasteiger partial charge in [0.05, 0.1) is 23.3 Å². The highest BCUT2D eigenvalue weighted by molar-refractivity contribution is 6.33. The Labute approximate surface area is 158 Å². The predicted octanol–water partition coefficient (Wildman–Crippen LogP) is 3.83. The third-order valence-electron chi connectivity index (χ3n) is 3.63. The number of aromatic nitrogens is 1. The number of nitrogens with zero attached hydrogens (tertiary/aromatic N) is 1. The van der Waals surface area contributed by atoms with Gasteiger partial charge in [-0.2, -0.15) is 0 Å². The van der Waals surface area contributed by atoms with Crippen molar-refractivity contribution in [1.29, 1.82) is 0 Å². The monoisotopic (exact) mass is 388 g/mol. The lowest BCUT2D eigenvalue weighted by Gasteiger charge is -2.12. The van der Waals surface area contributed by atoms with Crippen LogP contribution in [0.1, 0.15) is 10.5 Å². The number of carbonyl (C=O) groups is 2. The molecule has 0 radical (unpaired) electrons. The first-order valence-corrected chi connectivity index (χ1v) is 8.21. The molecular weight excluding hydrogens is 375 g/mol. The second-order valence-electron chi connectivity index (χ2n) is 5.48. The lowest BCUT2D eigenvalue weighted by Crippen LogP contribution is -2.20. The van der Waals surface area contributed by atoms with Crippen LogP contribution in [-0.2, 0) is 9.53 Å². The number of fused-ring (bicyclic) bond motifs is 1. The molecular formula is C19H14ClFN2O4. The number of anilines is 1. The fourth-order valence-corrected chi connectivity index (χ4v) is 2.57. The number of para-hydroxylation sites is 1. The highest BCUT2D eigenvalue weighted by atomic mass is 35.5. The molecule has 0 unspecified atom stereocenters. The summed E-state index contributed by atoms with van der Waals surface area (Å²) in [4.78, 5) is 28.0. The Bertz CT molecular complexity index is 1030. The van der Waals surface area contributed by atoms with E-state index in [9.17, 15) is 14.0 Å². The molecule has 1 heterocycles. The molecule has 1 amide bonds. The standard InChI is InChI=1S/C19H14ClFN2O4/c1-26-19(25)16-9-17(12-8-11(21)6-7-14(12)22-16)27-10-18(24)23-15-5-3-2-4-13(15)20/h2-9H,10H2,1H3,(H,23,24). The predicted molar refractivity (Wildman–Crippen MR) is 98.6 cm³/mol. The molecule has 0 fully saturated rings. The molecule has 0 bridgehead atoms. The Morgan fingerprint density at radius 3 is 2.70 bits per heavy atom. The van der Waals surface area contributed by atoms with Gasteiger partial charge in [-0.05, 0) is 30.3 Å². The number of esters is 1. The van der Waals surface area contributed by atoms with Crippen molar-refractivity contribution in [2.45, 2.75) is 0 Å². The first-order chi connectivity index (χ1) is 13.0. The van der Waals surface area contributed by atoms with Gasteiger partial charge in [0.1, 0.15) is 11.6 Å². The van der Waals surface area contributed by atoms with Gasteiger partial charge in [-0.1, -0.05) is 23.7 Å². The fourth-order valence-electron chi connectivity index (χ4n) is 2.39. The van der Waals surface area contributed by atoms with Gasteiger partial charge in [0.2, 0.25) is 0 Å². The van der Waals surface area contributed by atoms with Gasteiger partial charge in [-0.15, -0.1) is 0 Å². The van der Waals surface area contributed by atoms with E-state index in [1.807, 2.05) is 0 Å². The SMILES string of the molecule is COC(=O)c1cc(OCC(=O)Nc2ccccc2Cl)c2cc(F)ccc2n1. The van der Waals surface area contributed by atoms with Crippen molar-refractivity contribution in [3.63, 3.8) is 0 Å². The summed E-state index contributed by atoms with van der Waals surface area (Å²) in [5, 5.41) is 3.32. The van der Waals surface area contributed by atoms with Crippen LogP contribution in [0.4, 0.5) is 10.1 Å². The van der Waals surface area contributed by atoms with E-state index in [1.165, 1.54) is 31.4 Å². The topological polar surface area (TPSA) is 77.5 Å². The molecule has 0 aliphatic carbocycles. The van der Waals surface area contributed by atoms with Gasteiger partial charge in [0.25, 0.3) is 5.91 Å². The van der Waals surface area contributed by atoms with Crippen molar-refractivity contribution in [1.82, 2.24) is 4.98 Å². The van der Waals surface area contributed by atoms with Crippen LogP contribution in [0.5, 0.6) is 5.75 Å². The largest absolute Gasteiger partial charge is 0.483 e. The second-order valence-corrected chi connectivity index (χ2v) is 5.88. The molecule has 0 aliphatic rings. The van der Waals surface area contributed by atoms with Gasteiger partial charge in [0.15, 0.2) is 12.3 Å². The molecule has 27 heavy (non-hydrogen) atoms. The smallest absolute Gasteiger partial charge is 0.356 e. The first kappa shape index (κ1) is 18.6. The van der Waals surface area contributed by atoms with E-state index in [2.05, 4.69) is 15.0 Å². The average molecular weight is 389 g/mol. The molecule has 1 N–H and O–H groups in total. The number of hydrogen-bond acceptors (Lipinski definition) is 5. The van der Waals surface area contributed by atoms with E-state index < -0.39 is 17.7 Å². The van der Waals surface area contributed by atoms with Crippen molar-refractivity contribution < 1.29 is 23.5 Å². The third kappa shape index (κ3) is 4.32. The van der Waals surface area contributed by atoms with Crippen molar-refractivity contribution in [3.05, 3.63) is 65.1 Å². The molecule has 3 rings (SSSR count). The zero-order valence-electron chi connectivity index (χ0n) is 14.2. The summed E-state index contributed by atoms with van der Waals surface area (Å²) in [7, 11) is 1.22. The van der Waals surface area contributed by atoms with E-state index in [0.717, 1.165) is 0 Å². The molecule has 0 saturated heterocycles. The number of nitrogens with one attached hydrogen (secondary N) is 1. The van der Waals surface area contributed by atoms with Crippen LogP contribution in [0, 0.1) is 5.82 Å². The number of ether oxygens (including phenoxy) is 2. The lowest BCUT2D eigenvalue weighted by molar-refractivity contribution is -0.118. The molecule has 0 saturated carbocycles. The van der Waals surface area contributed by atoms with Gasteiger partial charge in [-0.3, -0.25) is 4.79 Å². The van der Waals surface area contributed by atoms with Gasteiger partial charge < -0.3 is 14.8 Å². The quantitative estimate of drug-likeness (QED) is 0.672. The van der Waals surface area contributed by atoms with Crippen LogP contribution in [0.2, 0.25) is 5.02 Å². The third-order valence-corrected chi connectivity index (χ3v) is 3.96. The molecule has 0 atom stereocenters. The molecule has 1 aromatic heterocycles. The molecule has 6 nitrogen and oxygen atoms in total. The van der Waals surface area contributed by atoms with Crippen LogP contribution in [0.3, 0.4) is 0 Å². The average Bonchev–Trinajstić information content (AvgIpc) is 2.67. The van der Waals surface area contributed by atoms with Crippen LogP contribution >= 0.6 is 11.6 Å². The number of amides is 1. The maximum Gasteiger partial charge on any atom is 0.356 e. The van der Waals surface area contributed by atoms with E-state index >= 15 is 0 Å². The molecule has 2 aromatic carbocycles. The summed E-state index contributed by atoms with van der Waals surface area (Å²) in [6.07, 6.45) is 0. The van der Waals surface area contributed by atoms with Crippen molar-refractivity contribution in [3.8, 4) is 5.75 Å². The Kier molecular flexibility index (Phi) is 5.52. The molecule has 0 spiro atoms. The van der Waals surface area contributed by atoms with E-state index in [1.54, 1.807) is 24.3 Å². The second kappa shape index (κ2) is 8.01. The van der Waals surface area contributed by atoms with Crippen LogP contribution in [0.25, 0.3) is 10.9 Å². The van der Waals surface area contributed by atoms with Crippen LogP contribution in [-0.4, -0.2) is 30.6 Å². The maximum atomic E-state index is 13.6. The highest BCUT2D eigenvalue weighted by Gasteiger charge is 2.15. The molecule has 138 valence electrons. The van der Waals surface area contributed by atoms with E-state index in [0.29, 0.717) is 21.6 Å². The minimum atomic E-state index is -0.674. The van der Waals surface area contributed by atoms with E-state index in [-0.39, 0.29) is 18.1 Å². The van der Waals surface area contributed by atoms with Gasteiger partial charge in [0, 0.05) is 11.5 Å². The number of methoxy groups -OCH3 is 1. The number of halogens is 2. The summed E-state index contributed by atoms with van der Waals surface area (Å²) in [6.45, 7) is -0.374. The first-order valence-electron chi connectivity index (χ1n) is 7.83. The molecule has 8 heteroatoms.